The number of benzene rings is 2. The fourth-order valence-corrected chi connectivity index (χ4v) is 3.88. The number of hydrogen-bond acceptors (Lipinski definition) is 6. The quantitative estimate of drug-likeness (QED) is 0.624. The van der Waals surface area contributed by atoms with Crippen molar-refractivity contribution in [2.24, 2.45) is 5.41 Å². The van der Waals surface area contributed by atoms with E-state index >= 15 is 0 Å². The van der Waals surface area contributed by atoms with Crippen LogP contribution >= 0.6 is 0 Å². The highest BCUT2D eigenvalue weighted by atomic mass is 16.7. The Bertz CT molecular complexity index is 1050. The normalized spacial score (nSPS) is 18.4. The van der Waals surface area contributed by atoms with Gasteiger partial charge in [-0.25, -0.2) is 14.7 Å². The molecule has 8 nitrogen and oxygen atoms in total. The van der Waals surface area contributed by atoms with Crippen molar-refractivity contribution in [3.8, 4) is 17.2 Å². The van der Waals surface area contributed by atoms with E-state index in [0.29, 0.717) is 35.8 Å². The van der Waals surface area contributed by atoms with Crippen LogP contribution in [0, 0.1) is 12.3 Å². The molecule has 0 saturated carbocycles. The van der Waals surface area contributed by atoms with E-state index in [1.807, 2.05) is 37.3 Å². The molecule has 0 aliphatic carbocycles. The summed E-state index contributed by atoms with van der Waals surface area (Å²) in [6.45, 7) is 3.82. The summed E-state index contributed by atoms with van der Waals surface area (Å²) < 4.78 is 10.9. The third-order valence-corrected chi connectivity index (χ3v) is 5.68. The van der Waals surface area contributed by atoms with E-state index in [9.17, 15) is 19.8 Å². The van der Waals surface area contributed by atoms with Gasteiger partial charge in [0.05, 0.1) is 32.0 Å². The number of nitrogens with zero attached hydrogens (tertiary/aromatic N) is 1. The number of methoxy groups -OCH3 is 2. The largest absolute Gasteiger partial charge is 0.493 e. The van der Waals surface area contributed by atoms with Gasteiger partial charge >= 0.3 is 11.9 Å². The Morgan fingerprint density at radius 2 is 1.69 bits per heavy atom. The first-order valence-corrected chi connectivity index (χ1v) is 10.1. The van der Waals surface area contributed by atoms with Crippen molar-refractivity contribution in [3.63, 3.8) is 0 Å². The number of aryl methyl sites for hydroxylation is 2. The van der Waals surface area contributed by atoms with Gasteiger partial charge in [-0.1, -0.05) is 24.6 Å². The van der Waals surface area contributed by atoms with E-state index in [1.54, 1.807) is 25.2 Å². The van der Waals surface area contributed by atoms with Crippen molar-refractivity contribution in [1.29, 1.82) is 0 Å². The van der Waals surface area contributed by atoms with Gasteiger partial charge in [-0.3, -0.25) is 0 Å². The minimum absolute atomic E-state index is 0.120. The van der Waals surface area contributed by atoms with Crippen molar-refractivity contribution in [2.45, 2.75) is 26.7 Å². The molecule has 2 aromatic rings. The lowest BCUT2D eigenvalue weighted by molar-refractivity contribution is -0.136. The van der Waals surface area contributed by atoms with Gasteiger partial charge in [0, 0.05) is 17.6 Å². The van der Waals surface area contributed by atoms with Crippen molar-refractivity contribution >= 4 is 17.6 Å². The third-order valence-electron chi connectivity index (χ3n) is 5.68. The van der Waals surface area contributed by atoms with Crippen LogP contribution in [0.3, 0.4) is 0 Å². The molecule has 1 aliphatic rings. The first kappa shape index (κ1) is 23.0. The lowest BCUT2D eigenvalue weighted by atomic mass is 9.77. The van der Waals surface area contributed by atoms with Crippen LogP contribution in [0.1, 0.15) is 24.5 Å². The van der Waals surface area contributed by atoms with E-state index < -0.39 is 17.4 Å². The number of carboxylic acids is 2. The van der Waals surface area contributed by atoms with Crippen LogP contribution in [-0.4, -0.2) is 42.9 Å². The molecule has 0 spiro atoms. The standard InChI is InChI=1S/C24H27NO7/c1-15-5-7-17(8-6-15)32-25-14-24(2,18(23(28)29)12-22(26)27)10-9-16-11-20(30-3)21(31-4)13-19(16)25/h5-8,11-13H,9-10,14H2,1-4H3,(H,26,27)(H,28,29). The molecule has 1 unspecified atom stereocenters. The molecule has 0 fully saturated rings. The van der Waals surface area contributed by atoms with Gasteiger partial charge in [0.2, 0.25) is 0 Å². The molecule has 2 aromatic carbocycles. The number of hydrogen-bond donors (Lipinski definition) is 2. The summed E-state index contributed by atoms with van der Waals surface area (Å²) in [5, 5.41) is 20.7. The Morgan fingerprint density at radius 1 is 1.06 bits per heavy atom. The second-order valence-corrected chi connectivity index (χ2v) is 8.04. The number of anilines is 1. The number of rotatable bonds is 7. The molecule has 8 heteroatoms. The van der Waals surface area contributed by atoms with E-state index in [1.165, 1.54) is 7.11 Å². The molecule has 3 rings (SSSR count). The maximum Gasteiger partial charge on any atom is 0.332 e. The highest BCUT2D eigenvalue weighted by Crippen LogP contribution is 2.44. The molecule has 170 valence electrons. The molecule has 32 heavy (non-hydrogen) atoms. The molecule has 1 aliphatic heterocycles. The Hall–Kier alpha value is -3.68. The smallest absolute Gasteiger partial charge is 0.332 e. The maximum absolute atomic E-state index is 12.0. The fraction of sp³-hybridized carbons (Fsp3) is 0.333. The second kappa shape index (κ2) is 9.21. The van der Waals surface area contributed by atoms with Crippen LogP contribution in [0.15, 0.2) is 48.0 Å². The Kier molecular flexibility index (Phi) is 6.62. The topological polar surface area (TPSA) is 106 Å². The van der Waals surface area contributed by atoms with Crippen LogP contribution in [0.25, 0.3) is 0 Å². The summed E-state index contributed by atoms with van der Waals surface area (Å²) in [5.41, 5.74) is 1.45. The van der Waals surface area contributed by atoms with Crippen molar-refractivity contribution in [1.82, 2.24) is 0 Å². The molecule has 0 aromatic heterocycles. The molecule has 0 amide bonds. The average Bonchev–Trinajstić information content (AvgIpc) is 2.89. The van der Waals surface area contributed by atoms with Gasteiger partial charge in [0.1, 0.15) is 0 Å². The average molecular weight is 441 g/mol. The molecule has 1 atom stereocenters. The number of carbonyl (C=O) groups is 2. The van der Waals surface area contributed by atoms with Crippen LogP contribution in [0.5, 0.6) is 17.2 Å². The number of ether oxygens (including phenoxy) is 2. The minimum atomic E-state index is -1.31. The third kappa shape index (κ3) is 4.80. The fourth-order valence-electron chi connectivity index (χ4n) is 3.88. The highest BCUT2D eigenvalue weighted by Gasteiger charge is 2.40. The summed E-state index contributed by atoms with van der Waals surface area (Å²) in [5.74, 6) is -0.956. The molecule has 0 radical (unpaired) electrons. The Morgan fingerprint density at radius 3 is 2.25 bits per heavy atom. The summed E-state index contributed by atoms with van der Waals surface area (Å²) in [7, 11) is 3.08. The van der Waals surface area contributed by atoms with Crippen molar-refractivity contribution in [2.75, 3.05) is 25.8 Å². The predicted molar refractivity (Wildman–Crippen MR) is 118 cm³/mol. The second-order valence-electron chi connectivity index (χ2n) is 8.04. The van der Waals surface area contributed by atoms with Crippen LogP contribution in [0.2, 0.25) is 0 Å². The lowest BCUT2D eigenvalue weighted by Crippen LogP contribution is -2.40. The van der Waals surface area contributed by atoms with Crippen molar-refractivity contribution in [3.05, 3.63) is 59.2 Å². The van der Waals surface area contributed by atoms with Crippen LogP contribution < -0.4 is 19.4 Å². The Balaban J connectivity index is 2.13. The van der Waals surface area contributed by atoms with Gasteiger partial charge in [0.25, 0.3) is 0 Å². The Labute approximate surface area is 186 Å². The predicted octanol–water partition coefficient (Wildman–Crippen LogP) is 3.86. The molecule has 2 N–H and O–H groups in total. The first-order valence-electron chi connectivity index (χ1n) is 10.1. The zero-order valence-electron chi connectivity index (χ0n) is 18.5. The van der Waals surface area contributed by atoms with Crippen LogP contribution in [0.4, 0.5) is 5.69 Å². The molecule has 0 bridgehead atoms. The van der Waals surface area contributed by atoms with Crippen molar-refractivity contribution < 1.29 is 34.1 Å². The van der Waals surface area contributed by atoms with E-state index in [4.69, 9.17) is 14.3 Å². The molecule has 0 saturated heterocycles. The van der Waals surface area contributed by atoms with E-state index in [-0.39, 0.29) is 12.1 Å². The minimum Gasteiger partial charge on any atom is -0.493 e. The number of hydroxylamine groups is 1. The zero-order chi connectivity index (χ0) is 23.5. The first-order chi connectivity index (χ1) is 15.2. The highest BCUT2D eigenvalue weighted by molar-refractivity contribution is 5.96. The number of fused-ring (bicyclic) bond motifs is 1. The van der Waals surface area contributed by atoms with E-state index in [2.05, 4.69) is 0 Å². The maximum atomic E-state index is 12.0. The summed E-state index contributed by atoms with van der Waals surface area (Å²) >= 11 is 0. The molecular weight excluding hydrogens is 414 g/mol. The van der Waals surface area contributed by atoms with Gasteiger partial charge in [-0.15, -0.1) is 0 Å². The van der Waals surface area contributed by atoms with Gasteiger partial charge < -0.3 is 24.5 Å². The lowest BCUT2D eigenvalue weighted by Gasteiger charge is -2.34. The SMILES string of the molecule is COc1cc2c(cc1OC)N(Oc1ccc(C)cc1)CC(C)(C(=CC(=O)O)C(=O)O)CC2. The number of carboxylic acid groups (broad SMARTS) is 2. The summed E-state index contributed by atoms with van der Waals surface area (Å²) in [6, 6.07) is 11.1. The molecular formula is C24H27NO7. The monoisotopic (exact) mass is 441 g/mol. The van der Waals surface area contributed by atoms with Gasteiger partial charge in [0.15, 0.2) is 17.2 Å². The number of aliphatic carboxylic acids is 2. The van der Waals surface area contributed by atoms with Gasteiger partial charge in [-0.05, 0) is 43.5 Å². The summed E-state index contributed by atoms with van der Waals surface area (Å²) in [4.78, 5) is 29.5. The molecule has 1 heterocycles. The summed E-state index contributed by atoms with van der Waals surface area (Å²) in [6.07, 6.45) is 1.66. The van der Waals surface area contributed by atoms with E-state index in [0.717, 1.165) is 17.2 Å². The zero-order valence-corrected chi connectivity index (χ0v) is 18.5. The van der Waals surface area contributed by atoms with Crippen LogP contribution in [-0.2, 0) is 16.0 Å². The van der Waals surface area contributed by atoms with Gasteiger partial charge in [-0.2, -0.15) is 0 Å².